The maximum Gasteiger partial charge on any atom is 0.222 e. The molecule has 3 nitrogen and oxygen atoms in total. The lowest BCUT2D eigenvalue weighted by molar-refractivity contribution is -0.125. The Kier molecular flexibility index (Phi) is 6.65. The van der Waals surface area contributed by atoms with Gasteiger partial charge >= 0.3 is 0 Å². The van der Waals surface area contributed by atoms with E-state index in [1.54, 1.807) is 0 Å². The molecule has 0 radical (unpaired) electrons. The number of hydrogen-bond acceptors (Lipinski definition) is 2. The van der Waals surface area contributed by atoms with Crippen molar-refractivity contribution in [2.75, 3.05) is 6.54 Å². The first-order valence-electron chi connectivity index (χ1n) is 6.25. The minimum Gasteiger partial charge on any atom is -0.355 e. The Labute approximate surface area is 100 Å². The van der Waals surface area contributed by atoms with Crippen LogP contribution < -0.4 is 11.1 Å². The normalized spacial score (nSPS) is 15.6. The molecule has 2 atom stereocenters. The number of amides is 1. The maximum atomic E-state index is 11.7. The van der Waals surface area contributed by atoms with Crippen molar-refractivity contribution in [3.8, 4) is 0 Å². The standard InChI is InChI=1S/C13H28N2O/c1-10(7-6-8-11(2)14)12(16)15-9-13(3,4)5/h10-11H,6-9,14H2,1-5H3,(H,15,16). The van der Waals surface area contributed by atoms with Gasteiger partial charge in [0.2, 0.25) is 5.91 Å². The average Bonchev–Trinajstić information content (AvgIpc) is 2.12. The van der Waals surface area contributed by atoms with Crippen molar-refractivity contribution in [2.24, 2.45) is 17.1 Å². The smallest absolute Gasteiger partial charge is 0.222 e. The van der Waals surface area contributed by atoms with Gasteiger partial charge in [-0.15, -0.1) is 0 Å². The van der Waals surface area contributed by atoms with E-state index in [1.807, 2.05) is 13.8 Å². The number of carbonyl (C=O) groups excluding carboxylic acids is 1. The van der Waals surface area contributed by atoms with E-state index in [1.165, 1.54) is 0 Å². The molecule has 0 aromatic rings. The van der Waals surface area contributed by atoms with Crippen LogP contribution in [0.3, 0.4) is 0 Å². The predicted molar refractivity (Wildman–Crippen MR) is 69.1 cm³/mol. The third-order valence-corrected chi connectivity index (χ3v) is 2.54. The van der Waals surface area contributed by atoms with Crippen LogP contribution in [0.2, 0.25) is 0 Å². The van der Waals surface area contributed by atoms with Crippen LogP contribution in [-0.2, 0) is 4.79 Å². The summed E-state index contributed by atoms with van der Waals surface area (Å²) >= 11 is 0. The van der Waals surface area contributed by atoms with Crippen LogP contribution in [0.5, 0.6) is 0 Å². The van der Waals surface area contributed by atoms with Crippen LogP contribution >= 0.6 is 0 Å². The van der Waals surface area contributed by atoms with Crippen molar-refractivity contribution in [1.82, 2.24) is 5.32 Å². The summed E-state index contributed by atoms with van der Waals surface area (Å²) in [6.07, 6.45) is 2.95. The molecule has 96 valence electrons. The molecule has 0 aliphatic rings. The summed E-state index contributed by atoms with van der Waals surface area (Å²) in [5.41, 5.74) is 5.82. The van der Waals surface area contributed by atoms with E-state index in [9.17, 15) is 4.79 Å². The molecule has 0 spiro atoms. The monoisotopic (exact) mass is 228 g/mol. The highest BCUT2D eigenvalue weighted by Crippen LogP contribution is 2.12. The molecule has 0 aromatic carbocycles. The fourth-order valence-electron chi connectivity index (χ4n) is 1.40. The molecular weight excluding hydrogens is 200 g/mol. The molecule has 1 amide bonds. The summed E-state index contributed by atoms with van der Waals surface area (Å²) < 4.78 is 0. The highest BCUT2D eigenvalue weighted by molar-refractivity contribution is 5.78. The van der Waals surface area contributed by atoms with E-state index in [4.69, 9.17) is 5.73 Å². The molecule has 3 N–H and O–H groups in total. The van der Waals surface area contributed by atoms with Crippen molar-refractivity contribution in [3.05, 3.63) is 0 Å². The average molecular weight is 228 g/mol. The second kappa shape index (κ2) is 6.89. The summed E-state index contributed by atoms with van der Waals surface area (Å²) in [7, 11) is 0. The SMILES string of the molecule is CC(N)CCCC(C)C(=O)NCC(C)(C)C. The molecule has 0 heterocycles. The summed E-state index contributed by atoms with van der Waals surface area (Å²) in [4.78, 5) is 11.7. The van der Waals surface area contributed by atoms with E-state index in [2.05, 4.69) is 26.1 Å². The van der Waals surface area contributed by atoms with Gasteiger partial charge in [-0.3, -0.25) is 4.79 Å². The van der Waals surface area contributed by atoms with Crippen molar-refractivity contribution in [3.63, 3.8) is 0 Å². The topological polar surface area (TPSA) is 55.1 Å². The van der Waals surface area contributed by atoms with E-state index in [0.29, 0.717) is 0 Å². The van der Waals surface area contributed by atoms with Gasteiger partial charge < -0.3 is 11.1 Å². The van der Waals surface area contributed by atoms with Gasteiger partial charge in [0.15, 0.2) is 0 Å². The fourth-order valence-corrected chi connectivity index (χ4v) is 1.40. The van der Waals surface area contributed by atoms with Gasteiger partial charge in [0.05, 0.1) is 0 Å². The first-order chi connectivity index (χ1) is 7.22. The molecule has 0 saturated carbocycles. The highest BCUT2D eigenvalue weighted by atomic mass is 16.1. The van der Waals surface area contributed by atoms with Gasteiger partial charge in [-0.25, -0.2) is 0 Å². The Bertz CT molecular complexity index is 206. The van der Waals surface area contributed by atoms with Crippen LogP contribution in [0, 0.1) is 11.3 Å². The third kappa shape index (κ3) is 8.72. The molecule has 0 saturated heterocycles. The zero-order valence-corrected chi connectivity index (χ0v) is 11.5. The zero-order valence-electron chi connectivity index (χ0n) is 11.5. The minimum atomic E-state index is 0.0982. The van der Waals surface area contributed by atoms with Crippen molar-refractivity contribution >= 4 is 5.91 Å². The number of nitrogens with one attached hydrogen (secondary N) is 1. The molecule has 0 aromatic heterocycles. The lowest BCUT2D eigenvalue weighted by atomic mass is 9.96. The third-order valence-electron chi connectivity index (χ3n) is 2.54. The van der Waals surface area contributed by atoms with Gasteiger partial charge in [-0.2, -0.15) is 0 Å². The largest absolute Gasteiger partial charge is 0.355 e. The fraction of sp³-hybridized carbons (Fsp3) is 0.923. The van der Waals surface area contributed by atoms with E-state index in [-0.39, 0.29) is 23.3 Å². The summed E-state index contributed by atoms with van der Waals surface area (Å²) in [5.74, 6) is 0.265. The molecule has 3 heteroatoms. The Morgan fingerprint density at radius 2 is 1.81 bits per heavy atom. The van der Waals surface area contributed by atoms with Crippen molar-refractivity contribution in [2.45, 2.75) is 59.9 Å². The number of nitrogens with two attached hydrogens (primary N) is 1. The molecule has 0 aliphatic carbocycles. The van der Waals surface area contributed by atoms with Crippen LogP contribution in [0.1, 0.15) is 53.9 Å². The first-order valence-corrected chi connectivity index (χ1v) is 6.25. The number of hydrogen-bond donors (Lipinski definition) is 2. The summed E-state index contributed by atoms with van der Waals surface area (Å²) in [6, 6.07) is 0.241. The lowest BCUT2D eigenvalue weighted by Crippen LogP contribution is -2.35. The highest BCUT2D eigenvalue weighted by Gasteiger charge is 2.16. The second-order valence-corrected chi connectivity index (χ2v) is 6.09. The first kappa shape index (κ1) is 15.4. The Hall–Kier alpha value is -0.570. The second-order valence-electron chi connectivity index (χ2n) is 6.09. The van der Waals surface area contributed by atoms with Crippen LogP contribution in [0.4, 0.5) is 0 Å². The maximum absolute atomic E-state index is 11.7. The Morgan fingerprint density at radius 1 is 1.25 bits per heavy atom. The van der Waals surface area contributed by atoms with Gasteiger partial charge in [-0.1, -0.05) is 34.1 Å². The molecule has 0 bridgehead atoms. The van der Waals surface area contributed by atoms with Crippen molar-refractivity contribution < 1.29 is 4.79 Å². The predicted octanol–water partition coefficient (Wildman–Crippen LogP) is 2.30. The van der Waals surface area contributed by atoms with E-state index in [0.717, 1.165) is 25.8 Å². The van der Waals surface area contributed by atoms with E-state index < -0.39 is 0 Å². The van der Waals surface area contributed by atoms with Crippen molar-refractivity contribution in [1.29, 1.82) is 0 Å². The molecular formula is C13H28N2O. The lowest BCUT2D eigenvalue weighted by Gasteiger charge is -2.20. The van der Waals surface area contributed by atoms with Crippen LogP contribution in [0.25, 0.3) is 0 Å². The Morgan fingerprint density at radius 3 is 2.25 bits per heavy atom. The minimum absolute atomic E-state index is 0.0982. The van der Waals surface area contributed by atoms with Gasteiger partial charge in [0, 0.05) is 18.5 Å². The number of carbonyl (C=O) groups is 1. The summed E-state index contributed by atoms with van der Waals surface area (Å²) in [5, 5.41) is 2.99. The van der Waals surface area contributed by atoms with Gasteiger partial charge in [-0.05, 0) is 25.2 Å². The molecule has 2 unspecified atom stereocenters. The van der Waals surface area contributed by atoms with E-state index >= 15 is 0 Å². The molecule has 0 rings (SSSR count). The van der Waals surface area contributed by atoms with Crippen LogP contribution in [0.15, 0.2) is 0 Å². The van der Waals surface area contributed by atoms with Crippen LogP contribution in [-0.4, -0.2) is 18.5 Å². The summed E-state index contributed by atoms with van der Waals surface area (Å²) in [6.45, 7) is 11.1. The van der Waals surface area contributed by atoms with Gasteiger partial charge in [0.25, 0.3) is 0 Å². The van der Waals surface area contributed by atoms with Gasteiger partial charge in [0.1, 0.15) is 0 Å². The quantitative estimate of drug-likeness (QED) is 0.733. The molecule has 0 fully saturated rings. The number of rotatable bonds is 6. The molecule has 0 aliphatic heterocycles. The molecule has 16 heavy (non-hydrogen) atoms. The Balaban J connectivity index is 3.74. The zero-order chi connectivity index (χ0) is 12.8.